The number of aryl methyl sites for hydroxylation is 3. The molecule has 138 valence electrons. The molecule has 1 amide bonds. The van der Waals surface area contributed by atoms with Gasteiger partial charge in [-0.2, -0.15) is 0 Å². The van der Waals surface area contributed by atoms with Crippen molar-refractivity contribution in [1.82, 2.24) is 19.4 Å². The van der Waals surface area contributed by atoms with Crippen LogP contribution in [0.1, 0.15) is 52.8 Å². The van der Waals surface area contributed by atoms with Gasteiger partial charge >= 0.3 is 0 Å². The largest absolute Gasteiger partial charge is 0.385 e. The first-order chi connectivity index (χ1) is 12.5. The highest BCUT2D eigenvalue weighted by molar-refractivity contribution is 5.94. The quantitative estimate of drug-likeness (QED) is 0.864. The Balaban J connectivity index is 1.44. The number of hydrogen-bond acceptors (Lipinski definition) is 4. The number of nitrogens with one attached hydrogen (secondary N) is 1. The van der Waals surface area contributed by atoms with E-state index in [0.717, 1.165) is 30.5 Å². The van der Waals surface area contributed by atoms with E-state index in [1.807, 2.05) is 17.8 Å². The summed E-state index contributed by atoms with van der Waals surface area (Å²) in [5, 5.41) is 10.6. The molecule has 1 aliphatic carbocycles. The Morgan fingerprint density at radius 2 is 2.12 bits per heavy atom. The highest BCUT2D eigenvalue weighted by atomic mass is 16.3. The molecule has 1 aliphatic heterocycles. The molecule has 0 spiro atoms. The second-order valence-corrected chi connectivity index (χ2v) is 7.34. The van der Waals surface area contributed by atoms with Crippen molar-refractivity contribution in [3.63, 3.8) is 0 Å². The van der Waals surface area contributed by atoms with Crippen molar-refractivity contribution in [2.24, 2.45) is 13.0 Å². The maximum Gasteiger partial charge on any atom is 0.261 e. The third-order valence-electron chi connectivity index (χ3n) is 5.71. The van der Waals surface area contributed by atoms with Crippen LogP contribution in [0.4, 0.5) is 0 Å². The highest BCUT2D eigenvalue weighted by Crippen LogP contribution is 2.30. The number of imidazole rings is 1. The summed E-state index contributed by atoms with van der Waals surface area (Å²) in [6.45, 7) is 1.09. The lowest BCUT2D eigenvalue weighted by atomic mass is 9.90. The van der Waals surface area contributed by atoms with Crippen LogP contribution in [-0.4, -0.2) is 43.5 Å². The molecule has 0 bridgehead atoms. The van der Waals surface area contributed by atoms with E-state index < -0.39 is 6.10 Å². The van der Waals surface area contributed by atoms with Gasteiger partial charge in [-0.25, -0.2) is 4.98 Å². The number of fused-ring (bicyclic) bond motifs is 1. The van der Waals surface area contributed by atoms with Gasteiger partial charge in [0.05, 0.1) is 0 Å². The van der Waals surface area contributed by atoms with E-state index in [2.05, 4.69) is 9.97 Å². The van der Waals surface area contributed by atoms with Crippen molar-refractivity contribution >= 4 is 5.91 Å². The van der Waals surface area contributed by atoms with Gasteiger partial charge in [-0.15, -0.1) is 0 Å². The maximum atomic E-state index is 12.8. The van der Waals surface area contributed by atoms with Crippen LogP contribution in [0.5, 0.6) is 0 Å². The van der Waals surface area contributed by atoms with Crippen LogP contribution in [-0.2, 0) is 19.9 Å². The average Bonchev–Trinajstić information content (AvgIpc) is 3.28. The summed E-state index contributed by atoms with van der Waals surface area (Å²) >= 11 is 0. The smallest absolute Gasteiger partial charge is 0.261 e. The van der Waals surface area contributed by atoms with E-state index in [1.165, 1.54) is 0 Å². The minimum Gasteiger partial charge on any atom is -0.385 e. The molecule has 2 aromatic rings. The van der Waals surface area contributed by atoms with Crippen LogP contribution in [0.3, 0.4) is 0 Å². The van der Waals surface area contributed by atoms with Crippen molar-refractivity contribution in [3.05, 3.63) is 51.5 Å². The molecule has 1 fully saturated rings. The zero-order valence-electron chi connectivity index (χ0n) is 14.9. The lowest BCUT2D eigenvalue weighted by Crippen LogP contribution is -2.42. The number of carbonyl (C=O) groups excluding carboxylic acids is 1. The molecule has 1 unspecified atom stereocenters. The summed E-state index contributed by atoms with van der Waals surface area (Å²) in [6, 6.07) is 1.78. The first-order valence-corrected chi connectivity index (χ1v) is 9.24. The van der Waals surface area contributed by atoms with Gasteiger partial charge in [-0.3, -0.25) is 9.59 Å². The molecular weight excluding hydrogens is 332 g/mol. The lowest BCUT2D eigenvalue weighted by Gasteiger charge is -2.34. The summed E-state index contributed by atoms with van der Waals surface area (Å²) < 4.78 is 1.83. The van der Waals surface area contributed by atoms with Gasteiger partial charge in [0, 0.05) is 38.2 Å². The number of carbonyl (C=O) groups is 1. The van der Waals surface area contributed by atoms with Crippen molar-refractivity contribution in [2.75, 3.05) is 13.1 Å². The van der Waals surface area contributed by atoms with Crippen LogP contribution in [0.2, 0.25) is 0 Å². The Labute approximate surface area is 151 Å². The number of aromatic nitrogens is 3. The summed E-state index contributed by atoms with van der Waals surface area (Å²) in [6.07, 6.45) is 7.09. The number of rotatable bonds is 3. The second-order valence-electron chi connectivity index (χ2n) is 7.34. The molecule has 7 heteroatoms. The molecule has 1 saturated heterocycles. The highest BCUT2D eigenvalue weighted by Gasteiger charge is 2.31. The molecule has 26 heavy (non-hydrogen) atoms. The lowest BCUT2D eigenvalue weighted by molar-refractivity contribution is 0.0419. The van der Waals surface area contributed by atoms with Crippen LogP contribution in [0.25, 0.3) is 0 Å². The summed E-state index contributed by atoms with van der Waals surface area (Å²) in [4.78, 5) is 33.9. The number of H-pyrrole nitrogens is 1. The normalized spacial score (nSPS) is 18.8. The van der Waals surface area contributed by atoms with Gasteiger partial charge in [-0.1, -0.05) is 0 Å². The Kier molecular flexibility index (Phi) is 4.40. The molecule has 0 radical (unpaired) electrons. The average molecular weight is 356 g/mol. The van der Waals surface area contributed by atoms with E-state index in [-0.39, 0.29) is 22.9 Å². The van der Waals surface area contributed by atoms with Crippen molar-refractivity contribution < 1.29 is 9.90 Å². The molecule has 3 heterocycles. The standard InChI is InChI=1S/C19H24N4O3/c1-22-10-7-20-17(22)16(24)12-5-8-23(9-6-12)19(26)14-11-13-3-2-4-15(13)21-18(14)25/h7,10-12,16,24H,2-6,8-9H2,1H3,(H,21,25). The fourth-order valence-electron chi connectivity index (χ4n) is 4.13. The van der Waals surface area contributed by atoms with E-state index >= 15 is 0 Å². The second kappa shape index (κ2) is 6.72. The number of aliphatic hydroxyl groups is 1. The monoisotopic (exact) mass is 356 g/mol. The van der Waals surface area contributed by atoms with E-state index in [1.54, 1.807) is 17.2 Å². The van der Waals surface area contributed by atoms with Crippen molar-refractivity contribution in [2.45, 2.75) is 38.2 Å². The zero-order valence-corrected chi connectivity index (χ0v) is 14.9. The number of aromatic amines is 1. The fraction of sp³-hybridized carbons (Fsp3) is 0.526. The molecule has 7 nitrogen and oxygen atoms in total. The first kappa shape index (κ1) is 17.0. The van der Waals surface area contributed by atoms with Crippen LogP contribution >= 0.6 is 0 Å². The Hall–Kier alpha value is -2.41. The van der Waals surface area contributed by atoms with E-state index in [4.69, 9.17) is 0 Å². The Morgan fingerprint density at radius 3 is 2.81 bits per heavy atom. The van der Waals surface area contributed by atoms with Gasteiger partial charge in [0.1, 0.15) is 17.5 Å². The van der Waals surface area contributed by atoms with Gasteiger partial charge in [-0.05, 0) is 49.7 Å². The van der Waals surface area contributed by atoms with Crippen LogP contribution < -0.4 is 5.56 Å². The fourth-order valence-corrected chi connectivity index (χ4v) is 4.13. The summed E-state index contributed by atoms with van der Waals surface area (Å²) in [5.74, 6) is 0.522. The first-order valence-electron chi connectivity index (χ1n) is 9.24. The predicted octanol–water partition coefficient (Wildman–Crippen LogP) is 1.18. The third-order valence-corrected chi connectivity index (χ3v) is 5.71. The zero-order chi connectivity index (χ0) is 18.3. The third kappa shape index (κ3) is 2.96. The minimum absolute atomic E-state index is 0.0680. The van der Waals surface area contributed by atoms with Gasteiger partial charge in [0.15, 0.2) is 0 Å². The van der Waals surface area contributed by atoms with Crippen molar-refractivity contribution in [3.8, 4) is 0 Å². The molecule has 4 rings (SSSR count). The molecule has 0 aromatic carbocycles. The molecule has 1 atom stereocenters. The minimum atomic E-state index is -0.629. The van der Waals surface area contributed by atoms with Gasteiger partial charge in [0.25, 0.3) is 11.5 Å². The predicted molar refractivity (Wildman–Crippen MR) is 95.9 cm³/mol. The van der Waals surface area contributed by atoms with Gasteiger partial charge < -0.3 is 19.6 Å². The van der Waals surface area contributed by atoms with Crippen molar-refractivity contribution in [1.29, 1.82) is 0 Å². The number of likely N-dealkylation sites (tertiary alicyclic amines) is 1. The maximum absolute atomic E-state index is 12.8. The van der Waals surface area contributed by atoms with Crippen LogP contribution in [0, 0.1) is 5.92 Å². The SMILES string of the molecule is Cn1ccnc1C(O)C1CCN(C(=O)c2cc3c([nH]c2=O)CCC3)CC1. The number of hydrogen-bond donors (Lipinski definition) is 2. The topological polar surface area (TPSA) is 91.2 Å². The number of amides is 1. The molecule has 2 aliphatic rings. The Bertz CT molecular complexity index is 877. The number of piperidine rings is 1. The number of pyridine rings is 1. The van der Waals surface area contributed by atoms with Gasteiger partial charge in [0.2, 0.25) is 0 Å². The molecule has 2 N–H and O–H groups in total. The van der Waals surface area contributed by atoms with E-state index in [9.17, 15) is 14.7 Å². The molecule has 0 saturated carbocycles. The summed E-state index contributed by atoms with van der Waals surface area (Å²) in [5.41, 5.74) is 2.02. The number of nitrogens with zero attached hydrogens (tertiary/aromatic N) is 3. The summed E-state index contributed by atoms with van der Waals surface area (Å²) in [7, 11) is 1.87. The molecular formula is C19H24N4O3. The molecule has 2 aromatic heterocycles. The number of aliphatic hydroxyl groups excluding tert-OH is 1. The Morgan fingerprint density at radius 1 is 1.35 bits per heavy atom. The van der Waals surface area contributed by atoms with E-state index in [0.29, 0.717) is 31.8 Å². The van der Waals surface area contributed by atoms with Crippen LogP contribution in [0.15, 0.2) is 23.3 Å².